The van der Waals surface area contributed by atoms with Crippen LogP contribution in [-0.2, 0) is 6.54 Å². The zero-order valence-corrected chi connectivity index (χ0v) is 11.2. The summed E-state index contributed by atoms with van der Waals surface area (Å²) in [5, 5.41) is 3.87. The Hall–Kier alpha value is -1.45. The Balaban J connectivity index is 2.04. The maximum Gasteiger partial charge on any atom is 0.126 e. The van der Waals surface area contributed by atoms with Crippen molar-refractivity contribution >= 4 is 11.6 Å². The van der Waals surface area contributed by atoms with Gasteiger partial charge in [-0.3, -0.25) is 0 Å². The lowest BCUT2D eigenvalue weighted by molar-refractivity contribution is 0.554. The van der Waals surface area contributed by atoms with Crippen LogP contribution >= 0.6 is 11.6 Å². The van der Waals surface area contributed by atoms with Gasteiger partial charge in [-0.15, -0.1) is 0 Å². The first-order valence-corrected chi connectivity index (χ1v) is 6.37. The van der Waals surface area contributed by atoms with Crippen LogP contribution in [0.25, 0.3) is 0 Å². The molecule has 2 rings (SSSR count). The zero-order chi connectivity index (χ0) is 13.8. The Morgan fingerprint density at radius 2 is 1.74 bits per heavy atom. The molecule has 0 radical (unpaired) electrons. The molecular weight excluding hydrogens is 268 g/mol. The summed E-state index contributed by atoms with van der Waals surface area (Å²) in [7, 11) is 0. The lowest BCUT2D eigenvalue weighted by Crippen LogP contribution is -2.18. The molecule has 1 atom stereocenters. The first-order chi connectivity index (χ1) is 9.06. The van der Waals surface area contributed by atoms with Gasteiger partial charge >= 0.3 is 0 Å². The Bertz CT molecular complexity index is 552. The highest BCUT2D eigenvalue weighted by atomic mass is 35.5. The molecule has 0 aromatic heterocycles. The number of nitrogens with one attached hydrogen (secondary N) is 1. The third kappa shape index (κ3) is 3.75. The Labute approximate surface area is 116 Å². The van der Waals surface area contributed by atoms with E-state index in [-0.39, 0.29) is 6.04 Å². The lowest BCUT2D eigenvalue weighted by Gasteiger charge is -2.15. The van der Waals surface area contributed by atoms with Gasteiger partial charge in [-0.1, -0.05) is 29.8 Å². The summed E-state index contributed by atoms with van der Waals surface area (Å²) < 4.78 is 26.1. The van der Waals surface area contributed by atoms with Crippen LogP contribution in [0.5, 0.6) is 0 Å². The molecule has 1 N–H and O–H groups in total. The fourth-order valence-electron chi connectivity index (χ4n) is 1.92. The van der Waals surface area contributed by atoms with Gasteiger partial charge in [0.15, 0.2) is 0 Å². The summed E-state index contributed by atoms with van der Waals surface area (Å²) in [4.78, 5) is 0. The van der Waals surface area contributed by atoms with Gasteiger partial charge in [0.2, 0.25) is 0 Å². The fraction of sp³-hybridized carbons (Fsp3) is 0.200. The third-order valence-electron chi connectivity index (χ3n) is 2.91. The quantitative estimate of drug-likeness (QED) is 0.872. The van der Waals surface area contributed by atoms with Crippen molar-refractivity contribution in [3.8, 4) is 0 Å². The highest BCUT2D eigenvalue weighted by Crippen LogP contribution is 2.22. The number of hydrogen-bond donors (Lipinski definition) is 1. The molecule has 19 heavy (non-hydrogen) atoms. The summed E-state index contributed by atoms with van der Waals surface area (Å²) in [5.41, 5.74) is 1.53. The van der Waals surface area contributed by atoms with Crippen molar-refractivity contribution in [3.05, 3.63) is 70.2 Å². The van der Waals surface area contributed by atoms with E-state index in [0.717, 1.165) is 11.6 Å². The van der Waals surface area contributed by atoms with Crippen molar-refractivity contribution in [1.29, 1.82) is 0 Å². The van der Waals surface area contributed by atoms with Crippen molar-refractivity contribution in [2.45, 2.75) is 19.5 Å². The van der Waals surface area contributed by atoms with Crippen LogP contribution in [0.4, 0.5) is 8.78 Å². The molecule has 0 unspecified atom stereocenters. The largest absolute Gasteiger partial charge is 0.306 e. The molecule has 0 aliphatic rings. The lowest BCUT2D eigenvalue weighted by atomic mass is 10.1. The molecule has 0 heterocycles. The summed E-state index contributed by atoms with van der Waals surface area (Å²) in [6.07, 6.45) is 0. The average Bonchev–Trinajstić information content (AvgIpc) is 2.35. The molecule has 1 nitrogen and oxygen atoms in total. The summed E-state index contributed by atoms with van der Waals surface area (Å²) in [5.74, 6) is -1.13. The summed E-state index contributed by atoms with van der Waals surface area (Å²) in [6.45, 7) is 2.33. The van der Waals surface area contributed by atoms with Crippen LogP contribution < -0.4 is 5.32 Å². The van der Waals surface area contributed by atoms with E-state index in [1.807, 2.05) is 31.2 Å². The predicted octanol–water partition coefficient (Wildman–Crippen LogP) is 4.47. The number of rotatable bonds is 4. The van der Waals surface area contributed by atoms with Crippen LogP contribution in [0.2, 0.25) is 5.02 Å². The Morgan fingerprint density at radius 3 is 2.37 bits per heavy atom. The Kier molecular flexibility index (Phi) is 4.51. The molecule has 4 heteroatoms. The third-order valence-corrected chi connectivity index (χ3v) is 3.25. The minimum Gasteiger partial charge on any atom is -0.306 e. The van der Waals surface area contributed by atoms with Crippen molar-refractivity contribution in [1.82, 2.24) is 5.32 Å². The van der Waals surface area contributed by atoms with E-state index in [2.05, 4.69) is 5.32 Å². The minimum atomic E-state index is -0.567. The minimum absolute atomic E-state index is 0.0000265. The first-order valence-electron chi connectivity index (χ1n) is 5.99. The van der Waals surface area contributed by atoms with Crippen LogP contribution in [0, 0.1) is 11.6 Å². The highest BCUT2D eigenvalue weighted by Gasteiger charge is 2.09. The highest BCUT2D eigenvalue weighted by molar-refractivity contribution is 6.31. The standard InChI is InChI=1S/C15H14ClF2N/c1-10(14-4-2-3-5-15(14)16)19-9-11-6-12(17)8-13(18)7-11/h2-8,10,19H,9H2,1H3/t10-/m1/s1. The van der Waals surface area contributed by atoms with E-state index in [4.69, 9.17) is 11.6 Å². The SMILES string of the molecule is C[C@@H](NCc1cc(F)cc(F)c1)c1ccccc1Cl. The van der Waals surface area contributed by atoms with Gasteiger partial charge < -0.3 is 5.32 Å². The van der Waals surface area contributed by atoms with Crippen molar-refractivity contribution in [3.63, 3.8) is 0 Å². The van der Waals surface area contributed by atoms with Gasteiger partial charge in [0.1, 0.15) is 11.6 Å². The molecule has 0 aliphatic heterocycles. The smallest absolute Gasteiger partial charge is 0.126 e. The summed E-state index contributed by atoms with van der Waals surface area (Å²) >= 11 is 6.09. The summed E-state index contributed by atoms with van der Waals surface area (Å²) in [6, 6.07) is 11.0. The van der Waals surface area contributed by atoms with Gasteiger partial charge in [-0.25, -0.2) is 8.78 Å². The maximum absolute atomic E-state index is 13.1. The molecule has 0 fully saturated rings. The number of halogens is 3. The van der Waals surface area contributed by atoms with E-state index in [1.54, 1.807) is 0 Å². The topological polar surface area (TPSA) is 12.0 Å². The molecular formula is C15H14ClF2N. The van der Waals surface area contributed by atoms with Gasteiger partial charge in [-0.2, -0.15) is 0 Å². The monoisotopic (exact) mass is 281 g/mol. The average molecular weight is 282 g/mol. The van der Waals surface area contributed by atoms with E-state index < -0.39 is 11.6 Å². The van der Waals surface area contributed by atoms with Crippen molar-refractivity contribution < 1.29 is 8.78 Å². The Morgan fingerprint density at radius 1 is 1.11 bits per heavy atom. The molecule has 0 saturated heterocycles. The molecule has 100 valence electrons. The van der Waals surface area contributed by atoms with Gasteiger partial charge in [0.25, 0.3) is 0 Å². The van der Waals surface area contributed by atoms with E-state index in [1.165, 1.54) is 12.1 Å². The van der Waals surface area contributed by atoms with Gasteiger partial charge in [0.05, 0.1) is 0 Å². The second-order valence-corrected chi connectivity index (χ2v) is 4.81. The van der Waals surface area contributed by atoms with Crippen LogP contribution in [0.3, 0.4) is 0 Å². The molecule has 2 aromatic carbocycles. The molecule has 0 bridgehead atoms. The molecule has 0 saturated carbocycles. The molecule has 2 aromatic rings. The predicted molar refractivity (Wildman–Crippen MR) is 73.1 cm³/mol. The fourth-order valence-corrected chi connectivity index (χ4v) is 2.22. The van der Waals surface area contributed by atoms with E-state index in [0.29, 0.717) is 17.1 Å². The maximum atomic E-state index is 13.1. The second kappa shape index (κ2) is 6.13. The van der Waals surface area contributed by atoms with Crippen LogP contribution in [0.15, 0.2) is 42.5 Å². The zero-order valence-electron chi connectivity index (χ0n) is 10.5. The first kappa shape index (κ1) is 14.0. The molecule has 0 amide bonds. The number of benzene rings is 2. The second-order valence-electron chi connectivity index (χ2n) is 4.40. The van der Waals surface area contributed by atoms with E-state index in [9.17, 15) is 8.78 Å². The van der Waals surface area contributed by atoms with Gasteiger partial charge in [0, 0.05) is 23.7 Å². The van der Waals surface area contributed by atoms with Crippen LogP contribution in [-0.4, -0.2) is 0 Å². The normalized spacial score (nSPS) is 12.4. The molecule has 0 aliphatic carbocycles. The van der Waals surface area contributed by atoms with E-state index >= 15 is 0 Å². The molecule has 0 spiro atoms. The van der Waals surface area contributed by atoms with Crippen LogP contribution in [0.1, 0.15) is 24.1 Å². The number of hydrogen-bond acceptors (Lipinski definition) is 1. The van der Waals surface area contributed by atoms with Crippen molar-refractivity contribution in [2.24, 2.45) is 0 Å². The van der Waals surface area contributed by atoms with Gasteiger partial charge in [-0.05, 0) is 36.2 Å². The van der Waals surface area contributed by atoms with Crippen molar-refractivity contribution in [2.75, 3.05) is 0 Å².